The number of rotatable bonds is 4. The summed E-state index contributed by atoms with van der Waals surface area (Å²) in [5.41, 5.74) is 5.81. The first-order valence-corrected chi connectivity index (χ1v) is 5.50. The third-order valence-electron chi connectivity index (χ3n) is 2.84. The summed E-state index contributed by atoms with van der Waals surface area (Å²) in [6.07, 6.45) is -1.90. The number of alkyl halides is 2. The molecule has 0 aliphatic carbocycles. The zero-order chi connectivity index (χ0) is 12.5. The molecular formula is C12H15F2N3. The van der Waals surface area contributed by atoms with Crippen molar-refractivity contribution >= 4 is 11.0 Å². The van der Waals surface area contributed by atoms with Crippen molar-refractivity contribution < 1.29 is 8.78 Å². The molecule has 0 fully saturated rings. The van der Waals surface area contributed by atoms with Gasteiger partial charge in [0.2, 0.25) is 0 Å². The number of fused-ring (bicyclic) bond motifs is 1. The van der Waals surface area contributed by atoms with Gasteiger partial charge in [0, 0.05) is 6.42 Å². The van der Waals surface area contributed by atoms with E-state index >= 15 is 0 Å². The molecular weight excluding hydrogens is 224 g/mol. The van der Waals surface area contributed by atoms with Gasteiger partial charge in [-0.2, -0.15) is 0 Å². The second kappa shape index (κ2) is 4.41. The highest BCUT2D eigenvalue weighted by molar-refractivity contribution is 5.74. The highest BCUT2D eigenvalue weighted by Crippen LogP contribution is 2.19. The van der Waals surface area contributed by atoms with Crippen LogP contribution in [0.15, 0.2) is 24.3 Å². The van der Waals surface area contributed by atoms with E-state index in [2.05, 4.69) is 9.97 Å². The fraction of sp³-hybridized carbons (Fsp3) is 0.417. The topological polar surface area (TPSA) is 54.7 Å². The molecule has 2 rings (SSSR count). The molecule has 0 aliphatic heterocycles. The van der Waals surface area contributed by atoms with Gasteiger partial charge in [-0.05, 0) is 25.5 Å². The van der Waals surface area contributed by atoms with Gasteiger partial charge in [0.1, 0.15) is 5.82 Å². The van der Waals surface area contributed by atoms with Crippen LogP contribution in [0.3, 0.4) is 0 Å². The lowest BCUT2D eigenvalue weighted by Gasteiger charge is -2.22. The van der Waals surface area contributed by atoms with Gasteiger partial charge in [-0.1, -0.05) is 12.1 Å². The van der Waals surface area contributed by atoms with Crippen LogP contribution in [0, 0.1) is 0 Å². The summed E-state index contributed by atoms with van der Waals surface area (Å²) in [7, 11) is 0. The summed E-state index contributed by atoms with van der Waals surface area (Å²) in [6.45, 7) is 1.36. The Morgan fingerprint density at radius 1 is 1.41 bits per heavy atom. The van der Waals surface area contributed by atoms with Gasteiger partial charge in [-0.3, -0.25) is 0 Å². The van der Waals surface area contributed by atoms with E-state index in [9.17, 15) is 8.78 Å². The maximum Gasteiger partial charge on any atom is 0.256 e. The van der Waals surface area contributed by atoms with Crippen LogP contribution in [0.1, 0.15) is 19.2 Å². The lowest BCUT2D eigenvalue weighted by atomic mass is 9.98. The summed E-state index contributed by atoms with van der Waals surface area (Å²) in [5.74, 6) is 0.698. The van der Waals surface area contributed by atoms with E-state index in [1.807, 2.05) is 24.3 Å². The van der Waals surface area contributed by atoms with Gasteiger partial charge >= 0.3 is 0 Å². The Morgan fingerprint density at radius 2 is 2.12 bits per heavy atom. The molecule has 0 radical (unpaired) electrons. The Hall–Kier alpha value is -1.49. The number of imidazole rings is 1. The van der Waals surface area contributed by atoms with Crippen LogP contribution in [-0.2, 0) is 6.42 Å². The predicted octanol–water partition coefficient (Wildman–Crippen LogP) is 2.48. The van der Waals surface area contributed by atoms with Gasteiger partial charge in [0.15, 0.2) is 0 Å². The first kappa shape index (κ1) is 12.0. The Bertz CT molecular complexity index is 472. The van der Waals surface area contributed by atoms with Crippen molar-refractivity contribution in [2.75, 3.05) is 0 Å². The minimum absolute atomic E-state index is 0.199. The lowest BCUT2D eigenvalue weighted by Crippen LogP contribution is -2.44. The van der Waals surface area contributed by atoms with Crippen molar-refractivity contribution in [1.29, 1.82) is 0 Å². The maximum atomic E-state index is 12.6. The number of nitrogens with zero attached hydrogens (tertiary/aromatic N) is 1. The number of aromatic nitrogens is 2. The second-order valence-electron chi connectivity index (χ2n) is 4.51. The van der Waals surface area contributed by atoms with Crippen LogP contribution in [0.2, 0.25) is 0 Å². The summed E-state index contributed by atoms with van der Waals surface area (Å²) in [4.78, 5) is 7.41. The van der Waals surface area contributed by atoms with Crippen LogP contribution < -0.4 is 5.73 Å². The monoisotopic (exact) mass is 239 g/mol. The maximum absolute atomic E-state index is 12.6. The summed E-state index contributed by atoms with van der Waals surface area (Å²) < 4.78 is 25.1. The number of nitrogens with one attached hydrogen (secondary N) is 1. The van der Waals surface area contributed by atoms with Gasteiger partial charge in [-0.15, -0.1) is 0 Å². The third-order valence-corrected chi connectivity index (χ3v) is 2.84. The highest BCUT2D eigenvalue weighted by atomic mass is 19.3. The number of nitrogens with two attached hydrogens (primary N) is 1. The van der Waals surface area contributed by atoms with Crippen LogP contribution in [0.4, 0.5) is 8.78 Å². The second-order valence-corrected chi connectivity index (χ2v) is 4.51. The van der Waals surface area contributed by atoms with E-state index in [4.69, 9.17) is 5.73 Å². The zero-order valence-electron chi connectivity index (χ0n) is 9.58. The molecule has 1 atom stereocenters. The molecule has 0 saturated carbocycles. The van der Waals surface area contributed by atoms with Gasteiger partial charge in [0.25, 0.3) is 6.43 Å². The lowest BCUT2D eigenvalue weighted by molar-refractivity contribution is 0.0589. The fourth-order valence-electron chi connectivity index (χ4n) is 1.62. The van der Waals surface area contributed by atoms with Crippen LogP contribution in [-0.4, -0.2) is 21.9 Å². The van der Waals surface area contributed by atoms with E-state index in [-0.39, 0.29) is 6.42 Å². The van der Waals surface area contributed by atoms with E-state index in [1.54, 1.807) is 0 Å². The Morgan fingerprint density at radius 3 is 2.76 bits per heavy atom. The molecule has 1 aromatic carbocycles. The largest absolute Gasteiger partial charge is 0.342 e. The predicted molar refractivity (Wildman–Crippen MR) is 63.0 cm³/mol. The van der Waals surface area contributed by atoms with Crippen molar-refractivity contribution in [2.45, 2.75) is 31.7 Å². The molecule has 1 unspecified atom stereocenters. The molecule has 3 nitrogen and oxygen atoms in total. The van der Waals surface area contributed by atoms with E-state index in [0.29, 0.717) is 12.2 Å². The van der Waals surface area contributed by atoms with Gasteiger partial charge in [0.05, 0.1) is 16.6 Å². The standard InChI is InChI=1S/C12H15F2N3/c1-12(15,11(13)14)7-6-10-16-8-4-2-3-5-9(8)17-10/h2-5,11H,6-7,15H2,1H3,(H,16,17). The van der Waals surface area contributed by atoms with Gasteiger partial charge in [-0.25, -0.2) is 13.8 Å². The average Bonchev–Trinajstić information content (AvgIpc) is 2.69. The number of benzene rings is 1. The van der Waals surface area contributed by atoms with E-state index in [1.165, 1.54) is 6.92 Å². The number of halogens is 2. The Balaban J connectivity index is 2.09. The summed E-state index contributed by atoms with van der Waals surface area (Å²) in [5, 5.41) is 0. The molecule has 0 bridgehead atoms. The Labute approximate surface area is 98.0 Å². The highest BCUT2D eigenvalue weighted by Gasteiger charge is 2.29. The SMILES string of the molecule is CC(N)(CCc1nc2ccccc2[nH]1)C(F)F. The zero-order valence-corrected chi connectivity index (χ0v) is 9.58. The van der Waals surface area contributed by atoms with E-state index < -0.39 is 12.0 Å². The fourth-order valence-corrected chi connectivity index (χ4v) is 1.62. The normalized spacial score (nSPS) is 15.4. The van der Waals surface area contributed by atoms with Crippen molar-refractivity contribution in [3.8, 4) is 0 Å². The number of H-pyrrole nitrogens is 1. The molecule has 92 valence electrons. The van der Waals surface area contributed by atoms with Crippen molar-refractivity contribution in [1.82, 2.24) is 9.97 Å². The number of aromatic amines is 1. The van der Waals surface area contributed by atoms with Crippen molar-refractivity contribution in [2.24, 2.45) is 5.73 Å². The molecule has 3 N–H and O–H groups in total. The molecule has 17 heavy (non-hydrogen) atoms. The number of hydrogen-bond acceptors (Lipinski definition) is 2. The van der Waals surface area contributed by atoms with Crippen LogP contribution >= 0.6 is 0 Å². The smallest absolute Gasteiger partial charge is 0.256 e. The molecule has 0 saturated heterocycles. The van der Waals surface area contributed by atoms with Crippen LogP contribution in [0.25, 0.3) is 11.0 Å². The average molecular weight is 239 g/mol. The van der Waals surface area contributed by atoms with Gasteiger partial charge < -0.3 is 10.7 Å². The summed E-state index contributed by atoms with van der Waals surface area (Å²) >= 11 is 0. The first-order valence-electron chi connectivity index (χ1n) is 5.50. The molecule has 5 heteroatoms. The molecule has 0 aliphatic rings. The molecule has 0 amide bonds. The molecule has 1 heterocycles. The number of aryl methyl sites for hydroxylation is 1. The molecule has 0 spiro atoms. The van der Waals surface area contributed by atoms with Crippen molar-refractivity contribution in [3.05, 3.63) is 30.1 Å². The third kappa shape index (κ3) is 2.61. The quantitative estimate of drug-likeness (QED) is 0.861. The van der Waals surface area contributed by atoms with E-state index in [0.717, 1.165) is 11.0 Å². The number of para-hydroxylation sites is 2. The Kier molecular flexibility index (Phi) is 3.11. The summed E-state index contributed by atoms with van der Waals surface area (Å²) in [6, 6.07) is 7.57. The molecule has 2 aromatic rings. The molecule has 1 aromatic heterocycles. The van der Waals surface area contributed by atoms with Crippen molar-refractivity contribution in [3.63, 3.8) is 0 Å². The number of hydrogen-bond donors (Lipinski definition) is 2. The van der Waals surface area contributed by atoms with Crippen LogP contribution in [0.5, 0.6) is 0 Å². The first-order chi connectivity index (χ1) is 7.99. The minimum atomic E-state index is -2.52. The minimum Gasteiger partial charge on any atom is -0.342 e.